The molecule has 2 rings (SSSR count). The third kappa shape index (κ3) is 2.87. The minimum Gasteiger partial charge on any atom is -0.344 e. The molecule has 94 valence electrons. The molecular formula is C12H13ClN4O. The van der Waals surface area contributed by atoms with Crippen molar-refractivity contribution >= 4 is 23.3 Å². The number of nitrogens with one attached hydrogen (secondary N) is 1. The van der Waals surface area contributed by atoms with Gasteiger partial charge in [-0.15, -0.1) is 0 Å². The maximum atomic E-state index is 12.0. The Morgan fingerprint density at radius 1 is 1.44 bits per heavy atom. The molecule has 0 atom stereocenters. The largest absolute Gasteiger partial charge is 0.344 e. The van der Waals surface area contributed by atoms with Gasteiger partial charge in [-0.05, 0) is 18.6 Å². The molecule has 18 heavy (non-hydrogen) atoms. The number of aryl methyl sites for hydroxylation is 1. The first-order valence-electron chi connectivity index (χ1n) is 5.64. The summed E-state index contributed by atoms with van der Waals surface area (Å²) in [5.74, 6) is 0.179. The average Bonchev–Trinajstić information content (AvgIpc) is 2.81. The predicted molar refractivity (Wildman–Crippen MR) is 69.7 cm³/mol. The summed E-state index contributed by atoms with van der Waals surface area (Å²) in [4.78, 5) is 19.8. The maximum absolute atomic E-state index is 12.0. The second-order valence-electron chi connectivity index (χ2n) is 3.77. The van der Waals surface area contributed by atoms with Gasteiger partial charge in [-0.25, -0.2) is 9.97 Å². The molecule has 1 N–H and O–H groups in total. The highest BCUT2D eigenvalue weighted by Gasteiger charge is 2.11. The van der Waals surface area contributed by atoms with Crippen molar-refractivity contribution in [3.63, 3.8) is 0 Å². The van der Waals surface area contributed by atoms with E-state index in [0.717, 1.165) is 13.0 Å². The first-order valence-corrected chi connectivity index (χ1v) is 6.02. The minimum absolute atomic E-state index is 0.204. The van der Waals surface area contributed by atoms with E-state index in [1.165, 1.54) is 12.4 Å². The van der Waals surface area contributed by atoms with Crippen molar-refractivity contribution in [1.29, 1.82) is 0 Å². The second kappa shape index (κ2) is 5.64. The third-order valence-electron chi connectivity index (χ3n) is 2.39. The topological polar surface area (TPSA) is 59.8 Å². The Balaban J connectivity index is 2.11. The molecule has 0 saturated carbocycles. The zero-order valence-corrected chi connectivity index (χ0v) is 10.7. The van der Waals surface area contributed by atoms with Gasteiger partial charge in [-0.1, -0.05) is 18.5 Å². The summed E-state index contributed by atoms with van der Waals surface area (Å²) < 4.78 is 1.90. The maximum Gasteiger partial charge on any atom is 0.273 e. The highest BCUT2D eigenvalue weighted by molar-refractivity contribution is 6.29. The van der Waals surface area contributed by atoms with E-state index in [0.29, 0.717) is 16.7 Å². The zero-order chi connectivity index (χ0) is 13.0. The average molecular weight is 265 g/mol. The molecule has 0 bridgehead atoms. The first kappa shape index (κ1) is 12.6. The molecule has 2 aromatic heterocycles. The number of anilines is 1. The van der Waals surface area contributed by atoms with Gasteiger partial charge in [0.25, 0.3) is 5.91 Å². The Labute approximate surface area is 110 Å². The summed E-state index contributed by atoms with van der Waals surface area (Å²) in [6.07, 6.45) is 5.66. The monoisotopic (exact) mass is 264 g/mol. The number of carbonyl (C=O) groups is 1. The van der Waals surface area contributed by atoms with Crippen LogP contribution in [0.4, 0.5) is 5.82 Å². The Kier molecular flexibility index (Phi) is 3.94. The highest BCUT2D eigenvalue weighted by Crippen LogP contribution is 2.09. The van der Waals surface area contributed by atoms with Crippen molar-refractivity contribution in [2.24, 2.45) is 0 Å². The summed E-state index contributed by atoms with van der Waals surface area (Å²) in [6, 6.07) is 3.62. The van der Waals surface area contributed by atoms with Crippen LogP contribution >= 0.6 is 11.6 Å². The fourth-order valence-electron chi connectivity index (χ4n) is 1.61. The van der Waals surface area contributed by atoms with Gasteiger partial charge < -0.3 is 9.88 Å². The van der Waals surface area contributed by atoms with Crippen molar-refractivity contribution < 1.29 is 4.79 Å². The Morgan fingerprint density at radius 2 is 2.28 bits per heavy atom. The number of hydrogen-bond donors (Lipinski definition) is 1. The normalized spacial score (nSPS) is 10.3. The lowest BCUT2D eigenvalue weighted by atomic mass is 10.3. The van der Waals surface area contributed by atoms with Crippen LogP contribution in [0.3, 0.4) is 0 Å². The van der Waals surface area contributed by atoms with Crippen LogP contribution in [-0.2, 0) is 6.54 Å². The number of carbonyl (C=O) groups excluding carboxylic acids is 1. The van der Waals surface area contributed by atoms with Crippen LogP contribution in [0.5, 0.6) is 0 Å². The van der Waals surface area contributed by atoms with Gasteiger partial charge in [0.2, 0.25) is 0 Å². The molecule has 1 amide bonds. The molecule has 0 aliphatic carbocycles. The summed E-state index contributed by atoms with van der Waals surface area (Å²) in [6.45, 7) is 2.87. The van der Waals surface area contributed by atoms with Crippen LogP contribution in [0.25, 0.3) is 0 Å². The van der Waals surface area contributed by atoms with Crippen LogP contribution in [0, 0.1) is 0 Å². The minimum atomic E-state index is -0.204. The van der Waals surface area contributed by atoms with Crippen LogP contribution < -0.4 is 5.32 Å². The lowest BCUT2D eigenvalue weighted by molar-refractivity contribution is 0.101. The van der Waals surface area contributed by atoms with E-state index in [2.05, 4.69) is 22.2 Å². The van der Waals surface area contributed by atoms with Gasteiger partial charge in [0.1, 0.15) is 10.8 Å². The first-order chi connectivity index (χ1) is 8.70. The highest BCUT2D eigenvalue weighted by atomic mass is 35.5. The van der Waals surface area contributed by atoms with Gasteiger partial charge in [0, 0.05) is 12.7 Å². The Bertz CT molecular complexity index is 535. The molecule has 5 nitrogen and oxygen atoms in total. The van der Waals surface area contributed by atoms with E-state index in [1.807, 2.05) is 16.8 Å². The molecule has 2 aromatic rings. The lowest BCUT2D eigenvalue weighted by Crippen LogP contribution is -2.17. The molecule has 0 aliphatic heterocycles. The predicted octanol–water partition coefficient (Wildman–Crippen LogP) is 2.59. The molecule has 0 unspecified atom stereocenters. The van der Waals surface area contributed by atoms with Gasteiger partial charge in [-0.2, -0.15) is 0 Å². The van der Waals surface area contributed by atoms with E-state index in [1.54, 1.807) is 6.07 Å². The third-order valence-corrected chi connectivity index (χ3v) is 2.58. The number of hydrogen-bond acceptors (Lipinski definition) is 3. The van der Waals surface area contributed by atoms with Gasteiger partial charge in [-0.3, -0.25) is 4.79 Å². The van der Waals surface area contributed by atoms with Gasteiger partial charge in [0.15, 0.2) is 5.82 Å². The van der Waals surface area contributed by atoms with Crippen LogP contribution in [0.1, 0.15) is 23.8 Å². The zero-order valence-electron chi connectivity index (χ0n) is 9.93. The summed E-state index contributed by atoms with van der Waals surface area (Å²) in [5, 5.41) is 2.97. The molecule has 0 aliphatic rings. The summed E-state index contributed by atoms with van der Waals surface area (Å²) >= 11 is 5.62. The summed E-state index contributed by atoms with van der Waals surface area (Å²) in [5.41, 5.74) is 0.605. The van der Waals surface area contributed by atoms with E-state index in [-0.39, 0.29) is 5.91 Å². The molecule has 0 radical (unpaired) electrons. The van der Waals surface area contributed by atoms with E-state index >= 15 is 0 Å². The van der Waals surface area contributed by atoms with Crippen molar-refractivity contribution in [3.8, 4) is 0 Å². The quantitative estimate of drug-likeness (QED) is 0.923. The van der Waals surface area contributed by atoms with E-state index in [4.69, 9.17) is 11.6 Å². The van der Waals surface area contributed by atoms with E-state index in [9.17, 15) is 4.79 Å². The van der Waals surface area contributed by atoms with E-state index < -0.39 is 0 Å². The summed E-state index contributed by atoms with van der Waals surface area (Å²) in [7, 11) is 0. The van der Waals surface area contributed by atoms with Crippen molar-refractivity contribution in [2.45, 2.75) is 19.9 Å². The fraction of sp³-hybridized carbons (Fsp3) is 0.250. The molecule has 0 saturated heterocycles. The number of amides is 1. The Hall–Kier alpha value is -1.88. The smallest absolute Gasteiger partial charge is 0.273 e. The van der Waals surface area contributed by atoms with Crippen LogP contribution in [0.15, 0.2) is 30.7 Å². The molecule has 2 heterocycles. The molecule has 6 heteroatoms. The molecule has 0 fully saturated rings. The van der Waals surface area contributed by atoms with Crippen molar-refractivity contribution in [2.75, 3.05) is 5.32 Å². The lowest BCUT2D eigenvalue weighted by Gasteiger charge is -2.07. The number of halogens is 1. The van der Waals surface area contributed by atoms with Crippen LogP contribution in [0.2, 0.25) is 5.15 Å². The number of rotatable bonds is 4. The molecule has 0 aromatic carbocycles. The molecule has 0 spiro atoms. The number of nitrogens with zero attached hydrogens (tertiary/aromatic N) is 3. The van der Waals surface area contributed by atoms with Gasteiger partial charge in [0.05, 0.1) is 12.4 Å². The van der Waals surface area contributed by atoms with Crippen molar-refractivity contribution in [3.05, 3.63) is 41.6 Å². The standard InChI is InChI=1S/C12H13ClN4O/c1-2-5-17-6-3-4-9(17)12(18)16-11-8-14-10(13)7-15-11/h3-4,6-8H,2,5H2,1H3,(H,15,16,18). The SMILES string of the molecule is CCCn1cccc1C(=O)Nc1cnc(Cl)cn1. The second-order valence-corrected chi connectivity index (χ2v) is 4.15. The number of aromatic nitrogens is 3. The fourth-order valence-corrected chi connectivity index (χ4v) is 1.71. The molecular weight excluding hydrogens is 252 g/mol. The van der Waals surface area contributed by atoms with Gasteiger partial charge >= 0.3 is 0 Å². The van der Waals surface area contributed by atoms with Crippen molar-refractivity contribution in [1.82, 2.24) is 14.5 Å². The Morgan fingerprint density at radius 3 is 2.94 bits per heavy atom. The van der Waals surface area contributed by atoms with Crippen LogP contribution in [-0.4, -0.2) is 20.4 Å².